The highest BCUT2D eigenvalue weighted by atomic mass is 16.5. The fourth-order valence-corrected chi connectivity index (χ4v) is 3.19. The van der Waals surface area contributed by atoms with Gasteiger partial charge in [-0.15, -0.1) is 0 Å². The Kier molecular flexibility index (Phi) is 6.72. The number of benzene rings is 2. The molecule has 6 nitrogen and oxygen atoms in total. The van der Waals surface area contributed by atoms with Gasteiger partial charge in [-0.2, -0.15) is 0 Å². The van der Waals surface area contributed by atoms with Crippen LogP contribution in [0.3, 0.4) is 0 Å². The number of hydrogen-bond donors (Lipinski definition) is 2. The summed E-state index contributed by atoms with van der Waals surface area (Å²) in [6.07, 6.45) is 3.34. The van der Waals surface area contributed by atoms with Crippen molar-refractivity contribution in [2.45, 2.75) is 12.8 Å². The number of nitrogens with zero attached hydrogens (tertiary/aromatic N) is 2. The predicted octanol–water partition coefficient (Wildman–Crippen LogP) is 5.55. The number of rotatable bonds is 8. The highest BCUT2D eigenvalue weighted by molar-refractivity contribution is 5.96. The maximum absolute atomic E-state index is 12.8. The number of anilines is 2. The van der Waals surface area contributed by atoms with Crippen LogP contribution in [-0.4, -0.2) is 22.4 Å². The molecule has 4 rings (SSSR count). The van der Waals surface area contributed by atoms with Gasteiger partial charge in [0.25, 0.3) is 5.91 Å². The molecule has 0 unspecified atom stereocenters. The lowest BCUT2D eigenvalue weighted by atomic mass is 10.0. The predicted molar refractivity (Wildman–Crippen MR) is 125 cm³/mol. The van der Waals surface area contributed by atoms with Gasteiger partial charge in [-0.25, -0.2) is 9.97 Å². The molecule has 0 aliphatic heterocycles. The number of ether oxygens (including phenoxy) is 1. The van der Waals surface area contributed by atoms with Crippen molar-refractivity contribution >= 4 is 17.4 Å². The van der Waals surface area contributed by atoms with Crippen LogP contribution >= 0.6 is 0 Å². The molecule has 2 heterocycles. The third kappa shape index (κ3) is 5.49. The standard InChI is InChI=1S/C26H24N4O2/c1-19(20-8-3-2-4-9-20)18-29-25(31)23-10-7-17-28-26(23)32-22-14-12-21(13-15-22)30-24-11-5-6-16-27-24/h2-17,19H,18H2,1H3,(H,27,30)(H,29,31)/t19-/m0/s1. The minimum absolute atomic E-state index is 0.195. The molecule has 2 aromatic carbocycles. The van der Waals surface area contributed by atoms with E-state index in [1.54, 1.807) is 24.5 Å². The molecule has 0 radical (unpaired) electrons. The summed E-state index contributed by atoms with van der Waals surface area (Å²) in [5.74, 6) is 1.59. The van der Waals surface area contributed by atoms with E-state index in [2.05, 4.69) is 39.7 Å². The topological polar surface area (TPSA) is 76.1 Å². The second-order valence-electron chi connectivity index (χ2n) is 7.34. The Morgan fingerprint density at radius 1 is 0.875 bits per heavy atom. The number of nitrogens with one attached hydrogen (secondary N) is 2. The summed E-state index contributed by atoms with van der Waals surface area (Å²) in [5.41, 5.74) is 2.45. The molecule has 1 amide bonds. The SMILES string of the molecule is C[C@@H](CNC(=O)c1cccnc1Oc1ccc(Nc2ccccn2)cc1)c1ccccc1. The summed E-state index contributed by atoms with van der Waals surface area (Å²) in [6, 6.07) is 26.6. The smallest absolute Gasteiger partial charge is 0.256 e. The van der Waals surface area contributed by atoms with Crippen LogP contribution < -0.4 is 15.4 Å². The van der Waals surface area contributed by atoms with Crippen molar-refractivity contribution in [3.63, 3.8) is 0 Å². The van der Waals surface area contributed by atoms with E-state index < -0.39 is 0 Å². The van der Waals surface area contributed by atoms with Crippen molar-refractivity contribution in [1.82, 2.24) is 15.3 Å². The fourth-order valence-electron chi connectivity index (χ4n) is 3.19. The second-order valence-corrected chi connectivity index (χ2v) is 7.34. The molecule has 32 heavy (non-hydrogen) atoms. The molecule has 0 saturated heterocycles. The molecule has 0 saturated carbocycles. The summed E-state index contributed by atoms with van der Waals surface area (Å²) < 4.78 is 5.91. The molecule has 0 spiro atoms. The van der Waals surface area contributed by atoms with Gasteiger partial charge in [0, 0.05) is 24.6 Å². The van der Waals surface area contributed by atoms with Gasteiger partial charge in [0.1, 0.15) is 17.1 Å². The van der Waals surface area contributed by atoms with E-state index in [-0.39, 0.29) is 17.7 Å². The first-order valence-corrected chi connectivity index (χ1v) is 10.4. The first-order valence-electron chi connectivity index (χ1n) is 10.4. The molecule has 2 N–H and O–H groups in total. The Morgan fingerprint density at radius 3 is 2.38 bits per heavy atom. The number of aromatic nitrogens is 2. The molecule has 2 aromatic heterocycles. The molecule has 6 heteroatoms. The number of amides is 1. The molecule has 0 bridgehead atoms. The molecule has 0 fully saturated rings. The number of carbonyl (C=O) groups excluding carboxylic acids is 1. The van der Waals surface area contributed by atoms with Crippen LogP contribution in [0.4, 0.5) is 11.5 Å². The average Bonchev–Trinajstić information content (AvgIpc) is 2.85. The largest absolute Gasteiger partial charge is 0.438 e. The van der Waals surface area contributed by atoms with Crippen molar-refractivity contribution in [3.8, 4) is 11.6 Å². The van der Waals surface area contributed by atoms with Crippen LogP contribution in [0, 0.1) is 0 Å². The van der Waals surface area contributed by atoms with E-state index in [1.165, 1.54) is 5.56 Å². The van der Waals surface area contributed by atoms with Crippen LogP contribution in [0.5, 0.6) is 11.6 Å². The Bertz CT molecular complexity index is 1150. The van der Waals surface area contributed by atoms with Crippen LogP contribution in [-0.2, 0) is 0 Å². The highest BCUT2D eigenvalue weighted by Crippen LogP contribution is 2.25. The van der Waals surface area contributed by atoms with Gasteiger partial charge in [-0.1, -0.05) is 43.3 Å². The molecular weight excluding hydrogens is 400 g/mol. The average molecular weight is 425 g/mol. The molecule has 4 aromatic rings. The Balaban J connectivity index is 1.40. The molecule has 0 aliphatic carbocycles. The monoisotopic (exact) mass is 424 g/mol. The first kappa shape index (κ1) is 21.1. The van der Waals surface area contributed by atoms with E-state index >= 15 is 0 Å². The Hall–Kier alpha value is -4.19. The summed E-state index contributed by atoms with van der Waals surface area (Å²) >= 11 is 0. The lowest BCUT2D eigenvalue weighted by Gasteiger charge is -2.14. The Labute approximate surface area is 187 Å². The summed E-state index contributed by atoms with van der Waals surface area (Å²) in [4.78, 5) is 21.3. The number of hydrogen-bond acceptors (Lipinski definition) is 5. The molecule has 160 valence electrons. The second kappa shape index (κ2) is 10.2. The van der Waals surface area contributed by atoms with Crippen molar-refractivity contribution in [2.24, 2.45) is 0 Å². The maximum atomic E-state index is 12.8. The zero-order valence-electron chi connectivity index (χ0n) is 17.7. The zero-order valence-corrected chi connectivity index (χ0v) is 17.7. The first-order chi connectivity index (χ1) is 15.7. The normalized spacial score (nSPS) is 11.4. The van der Waals surface area contributed by atoms with Crippen LogP contribution in [0.25, 0.3) is 0 Å². The van der Waals surface area contributed by atoms with Crippen LogP contribution in [0.2, 0.25) is 0 Å². The van der Waals surface area contributed by atoms with Gasteiger partial charge >= 0.3 is 0 Å². The van der Waals surface area contributed by atoms with Gasteiger partial charge in [-0.05, 0) is 60.0 Å². The van der Waals surface area contributed by atoms with Crippen LogP contribution in [0.15, 0.2) is 97.3 Å². The Morgan fingerprint density at radius 2 is 1.62 bits per heavy atom. The number of carbonyl (C=O) groups is 1. The van der Waals surface area contributed by atoms with E-state index in [9.17, 15) is 4.79 Å². The van der Waals surface area contributed by atoms with E-state index in [0.717, 1.165) is 11.5 Å². The van der Waals surface area contributed by atoms with Gasteiger partial charge in [0.15, 0.2) is 0 Å². The summed E-state index contributed by atoms with van der Waals surface area (Å²) in [5, 5.41) is 6.20. The van der Waals surface area contributed by atoms with E-state index in [1.807, 2.05) is 60.7 Å². The summed E-state index contributed by atoms with van der Waals surface area (Å²) in [6.45, 7) is 2.60. The van der Waals surface area contributed by atoms with Crippen molar-refractivity contribution < 1.29 is 9.53 Å². The number of pyridine rings is 2. The maximum Gasteiger partial charge on any atom is 0.256 e. The molecule has 0 aliphatic rings. The minimum Gasteiger partial charge on any atom is -0.438 e. The third-order valence-electron chi connectivity index (χ3n) is 4.96. The third-order valence-corrected chi connectivity index (χ3v) is 4.96. The summed E-state index contributed by atoms with van der Waals surface area (Å²) in [7, 11) is 0. The lowest BCUT2D eigenvalue weighted by molar-refractivity contribution is 0.0948. The highest BCUT2D eigenvalue weighted by Gasteiger charge is 2.15. The minimum atomic E-state index is -0.218. The fraction of sp³-hybridized carbons (Fsp3) is 0.115. The van der Waals surface area contributed by atoms with Gasteiger partial charge in [0.05, 0.1) is 0 Å². The van der Waals surface area contributed by atoms with E-state index in [0.29, 0.717) is 17.9 Å². The van der Waals surface area contributed by atoms with E-state index in [4.69, 9.17) is 4.74 Å². The molecular formula is C26H24N4O2. The van der Waals surface area contributed by atoms with Crippen LogP contribution in [0.1, 0.15) is 28.8 Å². The van der Waals surface area contributed by atoms with Crippen molar-refractivity contribution in [2.75, 3.05) is 11.9 Å². The zero-order chi connectivity index (χ0) is 22.2. The van der Waals surface area contributed by atoms with Crippen molar-refractivity contribution in [1.29, 1.82) is 0 Å². The molecule has 1 atom stereocenters. The van der Waals surface area contributed by atoms with Crippen molar-refractivity contribution in [3.05, 3.63) is 108 Å². The van der Waals surface area contributed by atoms with Gasteiger partial charge in [0.2, 0.25) is 5.88 Å². The van der Waals surface area contributed by atoms with Gasteiger partial charge < -0.3 is 15.4 Å². The quantitative estimate of drug-likeness (QED) is 0.388. The lowest BCUT2D eigenvalue weighted by Crippen LogP contribution is -2.28. The van der Waals surface area contributed by atoms with Gasteiger partial charge in [-0.3, -0.25) is 4.79 Å².